The molecule has 42 heavy (non-hydrogen) atoms. The number of carbonyl (C=O) groups excluding carboxylic acids is 3. The molecule has 1 fully saturated rings. The standard InChI is InChI=1S/C24H22N8O6S4/c1-4-38-29-15(18-28-23(42-30-18)25-11(2)33)19(34)27-16-20(35)32-17(22(36)37)14(10-39-21(16)32)41-24-26-13(9-40-24)12-5-7-31(3)8-6-12/h5-9,16,21H,4,10H2,1-3H3,(H2-,25,27,28,30,33,34,36,37)/p+1/b29-15-/t16-,21-/m1/s1. The molecular formula is C24H23N8O6S4+. The highest BCUT2D eigenvalue weighted by atomic mass is 32.2. The molecule has 3 N–H and O–H groups in total. The van der Waals surface area contributed by atoms with Crippen molar-refractivity contribution in [3.05, 3.63) is 46.3 Å². The normalized spacial score (nSPS) is 18.3. The summed E-state index contributed by atoms with van der Waals surface area (Å²) in [6.07, 6.45) is 3.83. The van der Waals surface area contributed by atoms with Gasteiger partial charge in [-0.2, -0.15) is 9.36 Å². The minimum Gasteiger partial charge on any atom is -0.477 e. The molecule has 0 saturated carbocycles. The fraction of sp³-hybridized carbons (Fsp3) is 0.292. The SMILES string of the molecule is CCO/N=C(\C(=O)N[C@@H]1C(=O)N2C(C(=O)O)=C(Sc3nc(-c4cc[n+](C)cc4)cs3)CS[C@H]12)c1nsc(NC(C)=O)n1. The minimum absolute atomic E-state index is 0.0911. The van der Waals surface area contributed by atoms with Gasteiger partial charge in [0.15, 0.2) is 16.7 Å². The highest BCUT2D eigenvalue weighted by Crippen LogP contribution is 2.46. The number of hydrogen-bond acceptors (Lipinski definition) is 13. The molecule has 0 aromatic carbocycles. The molecule has 0 unspecified atom stereocenters. The van der Waals surface area contributed by atoms with E-state index in [1.165, 1.54) is 46.7 Å². The van der Waals surface area contributed by atoms with Crippen molar-refractivity contribution in [3.8, 4) is 11.3 Å². The maximum Gasteiger partial charge on any atom is 0.353 e. The van der Waals surface area contributed by atoms with Gasteiger partial charge in [0.05, 0.1) is 5.69 Å². The third kappa shape index (κ3) is 6.15. The van der Waals surface area contributed by atoms with Crippen LogP contribution in [-0.4, -0.2) is 77.5 Å². The molecule has 1 saturated heterocycles. The molecule has 0 bridgehead atoms. The number of aromatic nitrogens is 4. The number of fused-ring (bicyclic) bond motifs is 1. The molecule has 218 valence electrons. The number of rotatable bonds is 10. The molecule has 18 heteroatoms. The van der Waals surface area contributed by atoms with Crippen molar-refractivity contribution >= 4 is 80.9 Å². The van der Waals surface area contributed by atoms with Crippen molar-refractivity contribution in [2.24, 2.45) is 12.2 Å². The monoisotopic (exact) mass is 647 g/mol. The van der Waals surface area contributed by atoms with Crippen LogP contribution in [-0.2, 0) is 31.1 Å². The molecule has 2 aliphatic rings. The molecule has 3 amide bonds. The maximum atomic E-state index is 13.2. The van der Waals surface area contributed by atoms with E-state index < -0.39 is 29.2 Å². The number of carbonyl (C=O) groups is 4. The average Bonchev–Trinajstić information content (AvgIpc) is 3.61. The fourth-order valence-corrected chi connectivity index (χ4v) is 8.01. The maximum absolute atomic E-state index is 13.2. The Hall–Kier alpha value is -3.87. The minimum atomic E-state index is -1.25. The Kier molecular flexibility index (Phi) is 8.85. The molecule has 3 aromatic heterocycles. The summed E-state index contributed by atoms with van der Waals surface area (Å²) < 4.78 is 6.62. The fourth-order valence-electron chi connectivity index (χ4n) is 3.93. The van der Waals surface area contributed by atoms with Crippen LogP contribution in [0.2, 0.25) is 0 Å². The zero-order valence-electron chi connectivity index (χ0n) is 22.3. The Morgan fingerprint density at radius 3 is 2.74 bits per heavy atom. The highest BCUT2D eigenvalue weighted by Gasteiger charge is 2.54. The van der Waals surface area contributed by atoms with Crippen molar-refractivity contribution < 1.29 is 33.7 Å². The predicted octanol–water partition coefficient (Wildman–Crippen LogP) is 1.67. The summed E-state index contributed by atoms with van der Waals surface area (Å²) in [5.74, 6) is -2.75. The van der Waals surface area contributed by atoms with Crippen LogP contribution < -0.4 is 15.2 Å². The lowest BCUT2D eigenvalue weighted by Gasteiger charge is -2.49. The van der Waals surface area contributed by atoms with E-state index in [2.05, 4.69) is 30.1 Å². The Morgan fingerprint density at radius 2 is 2.05 bits per heavy atom. The van der Waals surface area contributed by atoms with Gasteiger partial charge in [-0.25, -0.2) is 14.3 Å². The third-order valence-corrected chi connectivity index (χ3v) is 9.93. The van der Waals surface area contributed by atoms with E-state index in [0.717, 1.165) is 22.8 Å². The lowest BCUT2D eigenvalue weighted by Crippen LogP contribution is -2.71. The van der Waals surface area contributed by atoms with Crippen LogP contribution in [0.5, 0.6) is 0 Å². The van der Waals surface area contributed by atoms with E-state index in [1.807, 2.05) is 41.5 Å². The number of carboxylic acids is 1. The number of aliphatic carboxylic acids is 1. The molecule has 0 spiro atoms. The first-order valence-electron chi connectivity index (χ1n) is 12.3. The molecule has 0 radical (unpaired) electrons. The van der Waals surface area contributed by atoms with Crippen LogP contribution in [0.15, 0.2) is 50.0 Å². The van der Waals surface area contributed by atoms with Gasteiger partial charge in [0, 0.05) is 52.2 Å². The Bertz CT molecular complexity index is 1620. The highest BCUT2D eigenvalue weighted by molar-refractivity contribution is 8.07. The third-order valence-electron chi connectivity index (χ3n) is 5.81. The van der Waals surface area contributed by atoms with E-state index in [-0.39, 0.29) is 34.9 Å². The predicted molar refractivity (Wildman–Crippen MR) is 157 cm³/mol. The van der Waals surface area contributed by atoms with Crippen molar-refractivity contribution in [2.75, 3.05) is 17.7 Å². The number of anilines is 1. The van der Waals surface area contributed by atoms with Gasteiger partial charge in [-0.05, 0) is 6.92 Å². The molecule has 0 aliphatic carbocycles. The second-order valence-corrected chi connectivity index (χ2v) is 12.8. The van der Waals surface area contributed by atoms with Gasteiger partial charge in [-0.15, -0.1) is 23.1 Å². The molecule has 14 nitrogen and oxygen atoms in total. The summed E-state index contributed by atoms with van der Waals surface area (Å²) in [6.45, 7) is 3.14. The second-order valence-electron chi connectivity index (χ2n) is 8.75. The van der Waals surface area contributed by atoms with Gasteiger partial charge in [-0.1, -0.05) is 16.9 Å². The average molecular weight is 648 g/mol. The Balaban J connectivity index is 1.31. The van der Waals surface area contributed by atoms with Gasteiger partial charge in [0.2, 0.25) is 22.6 Å². The number of oxime groups is 1. The summed E-state index contributed by atoms with van der Waals surface area (Å²) in [4.78, 5) is 65.4. The Morgan fingerprint density at radius 1 is 1.29 bits per heavy atom. The van der Waals surface area contributed by atoms with E-state index in [0.29, 0.717) is 15.0 Å². The first-order chi connectivity index (χ1) is 20.2. The molecule has 2 aliphatic heterocycles. The zero-order valence-corrected chi connectivity index (χ0v) is 25.5. The number of pyridine rings is 1. The van der Waals surface area contributed by atoms with Gasteiger partial charge in [0.25, 0.3) is 11.8 Å². The second kappa shape index (κ2) is 12.6. The molecule has 3 aromatic rings. The van der Waals surface area contributed by atoms with E-state index in [9.17, 15) is 24.3 Å². The number of thiazole rings is 1. The molecule has 2 atom stereocenters. The van der Waals surface area contributed by atoms with Gasteiger partial charge in [0.1, 0.15) is 30.8 Å². The molecular weight excluding hydrogens is 625 g/mol. The van der Waals surface area contributed by atoms with Crippen LogP contribution in [0.1, 0.15) is 19.7 Å². The summed E-state index contributed by atoms with van der Waals surface area (Å²) in [5.41, 5.74) is 1.29. The summed E-state index contributed by atoms with van der Waals surface area (Å²) in [6, 6.07) is 2.88. The lowest BCUT2D eigenvalue weighted by molar-refractivity contribution is -0.671. The summed E-state index contributed by atoms with van der Waals surface area (Å²) in [7, 11) is 1.92. The quantitative estimate of drug-likeness (QED) is 0.126. The number of nitrogens with one attached hydrogen (secondary N) is 2. The number of thioether (sulfide) groups is 2. The summed E-state index contributed by atoms with van der Waals surface area (Å²) >= 11 is 4.78. The van der Waals surface area contributed by atoms with Crippen LogP contribution in [0.4, 0.5) is 5.13 Å². The number of nitrogens with zero attached hydrogens (tertiary/aromatic N) is 6. The zero-order chi connectivity index (χ0) is 30.0. The van der Waals surface area contributed by atoms with E-state index in [1.54, 1.807) is 6.92 Å². The largest absolute Gasteiger partial charge is 0.477 e. The molecule has 5 rings (SSSR count). The van der Waals surface area contributed by atoms with Crippen LogP contribution in [0, 0.1) is 0 Å². The van der Waals surface area contributed by atoms with Gasteiger partial charge >= 0.3 is 5.97 Å². The van der Waals surface area contributed by atoms with Crippen LogP contribution in [0.3, 0.4) is 0 Å². The van der Waals surface area contributed by atoms with Crippen molar-refractivity contribution in [1.29, 1.82) is 0 Å². The number of hydrogen-bond donors (Lipinski definition) is 3. The van der Waals surface area contributed by atoms with Crippen LogP contribution >= 0.6 is 46.4 Å². The van der Waals surface area contributed by atoms with Crippen molar-refractivity contribution in [1.82, 2.24) is 24.6 Å². The van der Waals surface area contributed by atoms with Crippen molar-refractivity contribution in [3.63, 3.8) is 0 Å². The van der Waals surface area contributed by atoms with Crippen molar-refractivity contribution in [2.45, 2.75) is 29.6 Å². The van der Waals surface area contributed by atoms with E-state index >= 15 is 0 Å². The van der Waals surface area contributed by atoms with E-state index in [4.69, 9.17) is 4.84 Å². The number of aryl methyl sites for hydroxylation is 1. The first-order valence-corrected chi connectivity index (χ1v) is 15.8. The Labute approximate surface area is 255 Å². The number of carboxylic acid groups (broad SMARTS) is 1. The number of β-lactam (4-membered cyclic amide) rings is 1. The number of amides is 3. The topological polar surface area (TPSA) is 180 Å². The smallest absolute Gasteiger partial charge is 0.353 e. The molecule has 5 heterocycles. The van der Waals surface area contributed by atoms with Gasteiger partial charge < -0.3 is 20.6 Å². The van der Waals surface area contributed by atoms with Crippen LogP contribution in [0.25, 0.3) is 11.3 Å². The summed E-state index contributed by atoms with van der Waals surface area (Å²) in [5, 5.41) is 20.4. The first kappa shape index (κ1) is 29.6. The lowest BCUT2D eigenvalue weighted by atomic mass is 10.0. The van der Waals surface area contributed by atoms with Gasteiger partial charge in [-0.3, -0.25) is 19.3 Å².